The molecule has 0 N–H and O–H groups in total. The van der Waals surface area contributed by atoms with Gasteiger partial charge in [0.1, 0.15) is 0 Å². The predicted octanol–water partition coefficient (Wildman–Crippen LogP) is 28.2. The van der Waals surface area contributed by atoms with Crippen LogP contribution in [0.5, 0.6) is 0 Å². The fourth-order valence-electron chi connectivity index (χ4n) is 15.9. The van der Waals surface area contributed by atoms with Crippen molar-refractivity contribution in [2.24, 2.45) is 0 Å². The highest BCUT2D eigenvalue weighted by atomic mass is 15.1. The van der Waals surface area contributed by atoms with Gasteiger partial charge in [-0.25, -0.2) is 0 Å². The number of aryl methyl sites for hydroxylation is 2. The van der Waals surface area contributed by atoms with Gasteiger partial charge in [0.15, 0.2) is 0 Å². The first-order chi connectivity index (χ1) is 49.0. The average molecular weight is 1280 g/mol. The molecular weight excluding hydrogens is 1190 g/mol. The molecule has 0 bridgehead atoms. The van der Waals surface area contributed by atoms with Gasteiger partial charge in [0.25, 0.3) is 0 Å². The van der Waals surface area contributed by atoms with Crippen LogP contribution < -0.4 is 9.80 Å². The lowest BCUT2D eigenvalue weighted by atomic mass is 9.70. The van der Waals surface area contributed by atoms with E-state index in [1.54, 1.807) is 5.56 Å². The second-order valence-corrected chi connectivity index (χ2v) is 27.7. The van der Waals surface area contributed by atoms with Crippen LogP contribution in [0.3, 0.4) is 0 Å². The van der Waals surface area contributed by atoms with E-state index >= 15 is 0 Å². The van der Waals surface area contributed by atoms with E-state index in [-0.39, 0.29) is 5.41 Å². The van der Waals surface area contributed by atoms with Crippen LogP contribution in [0.15, 0.2) is 315 Å². The highest BCUT2D eigenvalue weighted by Gasteiger charge is 2.43. The molecule has 2 aliphatic rings. The molecule has 15 rings (SSSR count). The monoisotopic (exact) mass is 1280 g/mol. The molecule has 2 nitrogen and oxygen atoms in total. The molecule has 0 unspecified atom stereocenters. The molecule has 0 saturated heterocycles. The first-order valence-corrected chi connectivity index (χ1v) is 36.9. The number of nitrogens with zero attached hydrogens (tertiary/aromatic N) is 2. The first-order valence-electron chi connectivity index (χ1n) is 36.9. The number of anilines is 6. The van der Waals surface area contributed by atoms with Crippen LogP contribution in [-0.2, 0) is 18.3 Å². The molecule has 99 heavy (non-hydrogen) atoms. The van der Waals surface area contributed by atoms with Gasteiger partial charge in [0.2, 0.25) is 0 Å². The molecule has 0 amide bonds. The van der Waals surface area contributed by atoms with E-state index < -0.39 is 0 Å². The van der Waals surface area contributed by atoms with Crippen LogP contribution in [0.1, 0.15) is 126 Å². The second-order valence-electron chi connectivity index (χ2n) is 27.7. The third-order valence-corrected chi connectivity index (χ3v) is 21.4. The van der Waals surface area contributed by atoms with Crippen LogP contribution in [0.4, 0.5) is 34.1 Å². The zero-order valence-electron chi connectivity index (χ0n) is 57.7. The molecule has 0 spiro atoms. The SMILES string of the molecule is CCCCCCCCC1(CCCCCCCC)c2cc(-c3ccccc3)ccc2-c2ccc(-c3ccc(N(c4ccc(-c5ccc(N(c6ccc(-c7ccccc7)cc6)c6ccc7c(c6)CC7)cc5)cc4)c4ccc(-c5ccc(-c6ccccc6)cc5)c(-c5ccccc5)c4)cc3)cc21. The van der Waals surface area contributed by atoms with Crippen LogP contribution in [0.2, 0.25) is 0 Å². The molecule has 0 radical (unpaired) electrons. The van der Waals surface area contributed by atoms with E-state index in [9.17, 15) is 0 Å². The molecule has 0 saturated carbocycles. The van der Waals surface area contributed by atoms with Gasteiger partial charge >= 0.3 is 0 Å². The van der Waals surface area contributed by atoms with E-state index in [1.807, 2.05) is 0 Å². The summed E-state index contributed by atoms with van der Waals surface area (Å²) in [5, 5.41) is 0. The molecule has 0 heterocycles. The lowest BCUT2D eigenvalue weighted by Crippen LogP contribution is -2.25. The van der Waals surface area contributed by atoms with Crippen molar-refractivity contribution in [2.75, 3.05) is 9.80 Å². The summed E-state index contributed by atoms with van der Waals surface area (Å²) in [6.07, 6.45) is 20.2. The molecule has 13 aromatic rings. The van der Waals surface area contributed by atoms with Crippen LogP contribution in [0.25, 0.3) is 89.0 Å². The molecule has 488 valence electrons. The minimum absolute atomic E-state index is 0.0582. The summed E-state index contributed by atoms with van der Waals surface area (Å²) in [5.41, 5.74) is 32.6. The Bertz CT molecular complexity index is 4790. The van der Waals surface area contributed by atoms with E-state index in [1.165, 1.54) is 201 Å². The summed E-state index contributed by atoms with van der Waals surface area (Å²) in [7, 11) is 0. The summed E-state index contributed by atoms with van der Waals surface area (Å²) in [6.45, 7) is 4.66. The van der Waals surface area contributed by atoms with Gasteiger partial charge in [0, 0.05) is 39.5 Å². The summed E-state index contributed by atoms with van der Waals surface area (Å²) < 4.78 is 0. The van der Waals surface area contributed by atoms with E-state index in [2.05, 4.69) is 339 Å². The maximum atomic E-state index is 2.62. The topological polar surface area (TPSA) is 6.48 Å². The quantitative estimate of drug-likeness (QED) is 0.0474. The van der Waals surface area contributed by atoms with Crippen molar-refractivity contribution in [1.29, 1.82) is 0 Å². The van der Waals surface area contributed by atoms with Gasteiger partial charge in [-0.05, 0) is 222 Å². The summed E-state index contributed by atoms with van der Waals surface area (Å²) in [5.74, 6) is 0. The fourth-order valence-corrected chi connectivity index (χ4v) is 15.9. The zero-order chi connectivity index (χ0) is 66.7. The minimum atomic E-state index is -0.0582. The molecule has 0 aliphatic heterocycles. The van der Waals surface area contributed by atoms with Gasteiger partial charge in [-0.1, -0.05) is 321 Å². The number of fused-ring (bicyclic) bond motifs is 4. The van der Waals surface area contributed by atoms with Crippen molar-refractivity contribution in [2.45, 2.75) is 122 Å². The normalized spacial score (nSPS) is 12.5. The largest absolute Gasteiger partial charge is 0.310 e. The zero-order valence-corrected chi connectivity index (χ0v) is 57.7. The van der Waals surface area contributed by atoms with Gasteiger partial charge in [-0.15, -0.1) is 0 Å². The fraction of sp³-hybridized carbons (Fsp3) is 0.196. The average Bonchev–Trinajstić information content (AvgIpc) is 1.57. The highest BCUT2D eigenvalue weighted by Crippen LogP contribution is 2.56. The van der Waals surface area contributed by atoms with Crippen molar-refractivity contribution < 1.29 is 0 Å². The predicted molar refractivity (Wildman–Crippen MR) is 423 cm³/mol. The van der Waals surface area contributed by atoms with Gasteiger partial charge < -0.3 is 9.80 Å². The molecule has 13 aromatic carbocycles. The van der Waals surface area contributed by atoms with Crippen LogP contribution in [0, 0.1) is 0 Å². The highest BCUT2D eigenvalue weighted by molar-refractivity contribution is 5.91. The van der Waals surface area contributed by atoms with E-state index in [4.69, 9.17) is 0 Å². The van der Waals surface area contributed by atoms with E-state index in [0.29, 0.717) is 0 Å². The second kappa shape index (κ2) is 30.1. The summed E-state index contributed by atoms with van der Waals surface area (Å²) in [4.78, 5) is 4.86. The van der Waals surface area contributed by atoms with Crippen LogP contribution >= 0.6 is 0 Å². The Morgan fingerprint density at radius 3 is 0.919 bits per heavy atom. The molecular formula is C97H90N2. The number of unbranched alkanes of at least 4 members (excludes halogenated alkanes) is 10. The summed E-state index contributed by atoms with van der Waals surface area (Å²) >= 11 is 0. The van der Waals surface area contributed by atoms with Gasteiger partial charge in [-0.3, -0.25) is 0 Å². The minimum Gasteiger partial charge on any atom is -0.310 e. The lowest BCUT2D eigenvalue weighted by molar-refractivity contribution is 0.398. The number of hydrogen-bond acceptors (Lipinski definition) is 2. The third kappa shape index (κ3) is 13.9. The van der Waals surface area contributed by atoms with Crippen molar-refractivity contribution in [3.63, 3.8) is 0 Å². The molecule has 0 atom stereocenters. The molecule has 0 fully saturated rings. The smallest absolute Gasteiger partial charge is 0.0468 e. The number of rotatable bonds is 27. The van der Waals surface area contributed by atoms with E-state index in [0.717, 1.165) is 41.3 Å². The maximum absolute atomic E-state index is 2.62. The molecule has 2 aliphatic carbocycles. The lowest BCUT2D eigenvalue weighted by Gasteiger charge is -2.33. The maximum Gasteiger partial charge on any atom is 0.0468 e. The Hall–Kier alpha value is -10.5. The number of benzene rings is 13. The van der Waals surface area contributed by atoms with Crippen molar-refractivity contribution in [3.05, 3.63) is 338 Å². The van der Waals surface area contributed by atoms with Crippen molar-refractivity contribution in [1.82, 2.24) is 0 Å². The Balaban J connectivity index is 0.793. The van der Waals surface area contributed by atoms with Crippen molar-refractivity contribution in [3.8, 4) is 89.0 Å². The third-order valence-electron chi connectivity index (χ3n) is 21.4. The Morgan fingerprint density at radius 1 is 0.222 bits per heavy atom. The molecule has 0 aromatic heterocycles. The summed E-state index contributed by atoms with van der Waals surface area (Å²) in [6, 6.07) is 118. The Kier molecular flexibility index (Phi) is 19.6. The first kappa shape index (κ1) is 64.5. The number of hydrogen-bond donors (Lipinski definition) is 0. The standard InChI is InChI=1S/C97H90N2/c1-3-5-7-9-11-25-65-97(66-26-12-10-8-6-4-2)95-68-83(73-31-21-15-22-32-73)50-62-92(95)93-63-51-84(69-96(93)97)79-47-58-88(59-48-79)99(90-61-64-91(94(70-90)80-33-23-16-24-34-80)81-38-35-74(36-39-81)71-27-17-13-18-28-71)87-56-45-77(46-57-87)76-43-54-86(55-44-76)98(89-60-49-78-37-40-82(78)67-89)85-52-41-75(42-53-85)72-29-19-14-20-30-72/h13-24,27-36,38-39,41-64,67-70H,3-12,25-26,37,40,65-66H2,1-2H3. The Morgan fingerprint density at radius 2 is 0.515 bits per heavy atom. The van der Waals surface area contributed by atoms with Crippen LogP contribution in [-0.4, -0.2) is 0 Å². The Labute approximate surface area is 589 Å². The molecule has 2 heteroatoms. The van der Waals surface area contributed by atoms with Gasteiger partial charge in [-0.2, -0.15) is 0 Å². The van der Waals surface area contributed by atoms with Crippen molar-refractivity contribution >= 4 is 34.1 Å². The van der Waals surface area contributed by atoms with Gasteiger partial charge in [0.05, 0.1) is 0 Å².